The van der Waals surface area contributed by atoms with Crippen LogP contribution in [-0.2, 0) is 18.5 Å². The molecule has 9 heteroatoms. The van der Waals surface area contributed by atoms with E-state index < -0.39 is 0 Å². The van der Waals surface area contributed by atoms with Gasteiger partial charge in [0.1, 0.15) is 17.7 Å². The van der Waals surface area contributed by atoms with Gasteiger partial charge in [-0.15, -0.1) is 0 Å². The van der Waals surface area contributed by atoms with E-state index in [2.05, 4.69) is 37.6 Å². The quantitative estimate of drug-likeness (QED) is 0.0363. The third kappa shape index (κ3) is 26.6. The molecule has 0 amide bonds. The number of rotatable bonds is 29. The van der Waals surface area contributed by atoms with E-state index in [0.29, 0.717) is 18.8 Å². The molecule has 1 unspecified atom stereocenters. The standard InChI is InChI=1S/C30H60N2O4S3/c1-6-9-11-12-13-14-15-16-25-37-27-28(4)30(34)36-39-38-26-24-35-29(33)18-23-32(19-8-3)22-17-21-31(5)20-10-7-2/h28H,6-27H2,1-5H3. The van der Waals surface area contributed by atoms with E-state index in [0.717, 1.165) is 68.1 Å². The van der Waals surface area contributed by atoms with Crippen molar-refractivity contribution < 1.29 is 18.5 Å². The highest BCUT2D eigenvalue weighted by Crippen LogP contribution is 2.24. The molecule has 0 rings (SSSR count). The zero-order valence-electron chi connectivity index (χ0n) is 25.9. The van der Waals surface area contributed by atoms with Gasteiger partial charge in [-0.2, -0.15) is 11.8 Å². The summed E-state index contributed by atoms with van der Waals surface area (Å²) in [5, 5.41) is 0. The monoisotopic (exact) mass is 608 g/mol. The van der Waals surface area contributed by atoms with Crippen LogP contribution in [0.5, 0.6) is 0 Å². The Morgan fingerprint density at radius 3 is 2.10 bits per heavy atom. The lowest BCUT2D eigenvalue weighted by atomic mass is 10.1. The van der Waals surface area contributed by atoms with E-state index in [9.17, 15) is 9.59 Å². The van der Waals surface area contributed by atoms with E-state index in [1.165, 1.54) is 75.0 Å². The Bertz CT molecular complexity index is 572. The summed E-state index contributed by atoms with van der Waals surface area (Å²) < 4.78 is 10.7. The van der Waals surface area contributed by atoms with Gasteiger partial charge < -0.3 is 18.7 Å². The molecule has 0 radical (unpaired) electrons. The molecule has 0 bridgehead atoms. The van der Waals surface area contributed by atoms with Crippen molar-refractivity contribution in [3.8, 4) is 0 Å². The average molecular weight is 609 g/mol. The summed E-state index contributed by atoms with van der Waals surface area (Å²) in [4.78, 5) is 29.1. The van der Waals surface area contributed by atoms with Gasteiger partial charge in [0.05, 0.1) is 12.3 Å². The van der Waals surface area contributed by atoms with E-state index in [4.69, 9.17) is 8.92 Å². The number of ether oxygens (including phenoxy) is 1. The number of esters is 1. The minimum absolute atomic E-state index is 0.0993. The molecule has 0 aliphatic rings. The van der Waals surface area contributed by atoms with Gasteiger partial charge in [0.2, 0.25) is 0 Å². The molecule has 6 nitrogen and oxygen atoms in total. The van der Waals surface area contributed by atoms with Gasteiger partial charge in [-0.05, 0) is 75.5 Å². The zero-order chi connectivity index (χ0) is 29.0. The number of carbonyl (C=O) groups excluding carboxylic acids is 2. The largest absolute Gasteiger partial charge is 0.465 e. The molecule has 0 aromatic rings. The Labute approximate surface area is 253 Å². The van der Waals surface area contributed by atoms with Crippen LogP contribution in [0.4, 0.5) is 0 Å². The summed E-state index contributed by atoms with van der Waals surface area (Å²) in [5.41, 5.74) is 0. The summed E-state index contributed by atoms with van der Waals surface area (Å²) in [6.45, 7) is 14.0. The summed E-state index contributed by atoms with van der Waals surface area (Å²) in [6, 6.07) is 0. The number of hydrogen-bond acceptors (Lipinski definition) is 9. The molecule has 0 heterocycles. The van der Waals surface area contributed by atoms with Crippen LogP contribution in [0.25, 0.3) is 0 Å². The van der Waals surface area contributed by atoms with Crippen molar-refractivity contribution in [1.82, 2.24) is 9.80 Å². The maximum atomic E-state index is 12.2. The van der Waals surface area contributed by atoms with Gasteiger partial charge in [0.25, 0.3) is 0 Å². The minimum Gasteiger partial charge on any atom is -0.465 e. The molecular weight excluding hydrogens is 549 g/mol. The molecule has 0 fully saturated rings. The first kappa shape index (κ1) is 38.9. The van der Waals surface area contributed by atoms with Crippen LogP contribution in [0, 0.1) is 5.92 Å². The van der Waals surface area contributed by atoms with Gasteiger partial charge in [-0.1, -0.05) is 79.1 Å². The Balaban J connectivity index is 3.72. The molecular formula is C30H60N2O4S3. The van der Waals surface area contributed by atoms with Crippen molar-refractivity contribution >= 4 is 45.6 Å². The molecule has 0 aromatic carbocycles. The average Bonchev–Trinajstić information content (AvgIpc) is 2.93. The van der Waals surface area contributed by atoms with Crippen molar-refractivity contribution in [3.63, 3.8) is 0 Å². The van der Waals surface area contributed by atoms with E-state index >= 15 is 0 Å². The van der Waals surface area contributed by atoms with Crippen LogP contribution in [-0.4, -0.2) is 85.4 Å². The highest BCUT2D eigenvalue weighted by molar-refractivity contribution is 8.75. The number of thioether (sulfide) groups is 1. The van der Waals surface area contributed by atoms with Gasteiger partial charge in [-0.3, -0.25) is 9.59 Å². The van der Waals surface area contributed by atoms with Crippen molar-refractivity contribution in [1.29, 1.82) is 0 Å². The lowest BCUT2D eigenvalue weighted by Gasteiger charge is -2.23. The third-order valence-corrected chi connectivity index (χ3v) is 9.55. The van der Waals surface area contributed by atoms with Gasteiger partial charge >= 0.3 is 11.9 Å². The molecule has 0 aromatic heterocycles. The van der Waals surface area contributed by atoms with Crippen LogP contribution in [0.2, 0.25) is 0 Å². The van der Waals surface area contributed by atoms with Crippen LogP contribution in [0.15, 0.2) is 0 Å². The first-order chi connectivity index (χ1) is 18.9. The zero-order valence-corrected chi connectivity index (χ0v) is 28.3. The molecule has 0 aliphatic carbocycles. The predicted molar refractivity (Wildman–Crippen MR) is 175 cm³/mol. The summed E-state index contributed by atoms with van der Waals surface area (Å²) in [5.74, 6) is 2.11. The maximum absolute atomic E-state index is 12.2. The molecule has 0 spiro atoms. The highest BCUT2D eigenvalue weighted by atomic mass is 33.1. The molecule has 0 aliphatic heterocycles. The Kier molecular flexibility index (Phi) is 29.3. The topological polar surface area (TPSA) is 59.1 Å². The first-order valence-corrected chi connectivity index (χ1v) is 19.0. The number of carbonyl (C=O) groups is 2. The van der Waals surface area contributed by atoms with Crippen molar-refractivity contribution in [3.05, 3.63) is 0 Å². The fourth-order valence-corrected chi connectivity index (χ4v) is 6.42. The second kappa shape index (κ2) is 29.4. The van der Waals surface area contributed by atoms with Crippen LogP contribution in [0.1, 0.15) is 111 Å². The van der Waals surface area contributed by atoms with Crippen molar-refractivity contribution in [2.45, 2.75) is 111 Å². The molecule has 232 valence electrons. The van der Waals surface area contributed by atoms with Crippen LogP contribution >= 0.6 is 33.6 Å². The number of nitrogens with zero attached hydrogens (tertiary/aromatic N) is 2. The Morgan fingerprint density at radius 1 is 0.744 bits per heavy atom. The van der Waals surface area contributed by atoms with Gasteiger partial charge in [0, 0.05) is 18.1 Å². The fraction of sp³-hybridized carbons (Fsp3) is 0.933. The van der Waals surface area contributed by atoms with Crippen LogP contribution < -0.4 is 0 Å². The number of unbranched alkanes of at least 4 members (excludes halogenated alkanes) is 8. The lowest BCUT2D eigenvalue weighted by Crippen LogP contribution is -2.31. The Morgan fingerprint density at radius 2 is 1.41 bits per heavy atom. The second-order valence-electron chi connectivity index (χ2n) is 10.6. The molecule has 0 saturated carbocycles. The molecule has 1 atom stereocenters. The second-order valence-corrected chi connectivity index (χ2v) is 13.8. The third-order valence-electron chi connectivity index (χ3n) is 6.59. The van der Waals surface area contributed by atoms with Crippen molar-refractivity contribution in [2.24, 2.45) is 5.92 Å². The SMILES string of the molecule is CCCCCCCCCCSCC(C)C(=O)OSSCCOC(=O)CCN(CCC)CCCN(C)CCCC. The van der Waals surface area contributed by atoms with Gasteiger partial charge in [-0.25, -0.2) is 0 Å². The first-order valence-electron chi connectivity index (χ1n) is 15.6. The minimum atomic E-state index is -0.166. The summed E-state index contributed by atoms with van der Waals surface area (Å²) in [7, 11) is 3.60. The lowest BCUT2D eigenvalue weighted by molar-refractivity contribution is -0.143. The maximum Gasteiger partial charge on any atom is 0.322 e. The fourth-order valence-electron chi connectivity index (χ4n) is 4.11. The van der Waals surface area contributed by atoms with Crippen LogP contribution in [0.3, 0.4) is 0 Å². The molecule has 39 heavy (non-hydrogen) atoms. The summed E-state index contributed by atoms with van der Waals surface area (Å²) in [6.07, 6.45) is 15.8. The van der Waals surface area contributed by atoms with Gasteiger partial charge in [0.15, 0.2) is 0 Å². The smallest absolute Gasteiger partial charge is 0.322 e. The van der Waals surface area contributed by atoms with E-state index in [-0.39, 0.29) is 17.9 Å². The molecule has 0 N–H and O–H groups in total. The van der Waals surface area contributed by atoms with E-state index in [1.54, 1.807) is 0 Å². The normalized spacial score (nSPS) is 12.3. The molecule has 0 saturated heterocycles. The summed E-state index contributed by atoms with van der Waals surface area (Å²) >= 11 is 2.94. The highest BCUT2D eigenvalue weighted by Gasteiger charge is 2.15. The van der Waals surface area contributed by atoms with E-state index in [1.807, 2.05) is 18.7 Å². The predicted octanol–water partition coefficient (Wildman–Crippen LogP) is 8.10. The van der Waals surface area contributed by atoms with Crippen molar-refractivity contribution in [2.75, 3.05) is 63.6 Å². The Hall–Kier alpha value is -0.0900. The number of hydrogen-bond donors (Lipinski definition) is 0.